The van der Waals surface area contributed by atoms with Crippen LogP contribution < -0.4 is 0 Å². The second kappa shape index (κ2) is 8.21. The molecule has 0 aliphatic rings. The van der Waals surface area contributed by atoms with Gasteiger partial charge in [0.05, 0.1) is 11.3 Å². The van der Waals surface area contributed by atoms with E-state index in [9.17, 15) is 4.79 Å². The first-order valence-corrected chi connectivity index (χ1v) is 8.51. The number of rotatable bonds is 5. The van der Waals surface area contributed by atoms with Crippen LogP contribution in [0.3, 0.4) is 0 Å². The number of carbonyl (C=O) groups excluding carboxylic acids is 1. The summed E-state index contributed by atoms with van der Waals surface area (Å²) in [4.78, 5) is 23.3. The van der Waals surface area contributed by atoms with Crippen LogP contribution in [0.5, 0.6) is 0 Å². The van der Waals surface area contributed by atoms with Gasteiger partial charge in [-0.3, -0.25) is 4.79 Å². The van der Waals surface area contributed by atoms with Crippen LogP contribution in [-0.4, -0.2) is 34.4 Å². The normalized spacial score (nSPS) is 10.8. The van der Waals surface area contributed by atoms with Gasteiger partial charge in [0.25, 0.3) is 5.91 Å². The Bertz CT molecular complexity index is 905. The number of aryl methyl sites for hydroxylation is 1. The van der Waals surface area contributed by atoms with Gasteiger partial charge < -0.3 is 4.90 Å². The van der Waals surface area contributed by atoms with Crippen LogP contribution in [0.15, 0.2) is 72.9 Å². The molecule has 0 aliphatic carbocycles. The zero-order valence-corrected chi connectivity index (χ0v) is 15.0. The summed E-state index contributed by atoms with van der Waals surface area (Å²) in [6.07, 6.45) is 5.60. The molecule has 130 valence electrons. The second-order valence-corrected chi connectivity index (χ2v) is 6.04. The molecule has 3 rings (SSSR count). The Labute approximate surface area is 153 Å². The molecular formula is C22H21N3O. The molecule has 0 saturated carbocycles. The van der Waals surface area contributed by atoms with E-state index < -0.39 is 0 Å². The summed E-state index contributed by atoms with van der Waals surface area (Å²) in [5.74, 6) is 0.550. The fourth-order valence-corrected chi connectivity index (χ4v) is 2.64. The van der Waals surface area contributed by atoms with Crippen molar-refractivity contribution >= 4 is 12.0 Å². The van der Waals surface area contributed by atoms with Gasteiger partial charge in [0.2, 0.25) is 0 Å². The Kier molecular flexibility index (Phi) is 5.54. The van der Waals surface area contributed by atoms with E-state index in [0.717, 1.165) is 11.1 Å². The molecule has 1 heterocycles. The Hall–Kier alpha value is -3.27. The molecule has 0 N–H and O–H groups in total. The largest absolute Gasteiger partial charge is 0.338 e. The van der Waals surface area contributed by atoms with Gasteiger partial charge in [-0.15, -0.1) is 0 Å². The van der Waals surface area contributed by atoms with Gasteiger partial charge in [0.1, 0.15) is 5.82 Å². The lowest BCUT2D eigenvalue weighted by molar-refractivity contribution is 0.0810. The zero-order chi connectivity index (χ0) is 18.4. The fourth-order valence-electron chi connectivity index (χ4n) is 2.64. The third kappa shape index (κ3) is 4.22. The topological polar surface area (TPSA) is 46.1 Å². The van der Waals surface area contributed by atoms with Crippen molar-refractivity contribution in [2.75, 3.05) is 13.6 Å². The van der Waals surface area contributed by atoms with Crippen molar-refractivity contribution in [3.8, 4) is 11.3 Å². The van der Waals surface area contributed by atoms with Crippen LogP contribution in [0.2, 0.25) is 0 Å². The summed E-state index contributed by atoms with van der Waals surface area (Å²) in [7, 11) is 1.78. The number of nitrogens with zero attached hydrogens (tertiary/aromatic N) is 3. The summed E-state index contributed by atoms with van der Waals surface area (Å²) in [5, 5.41) is 0. The second-order valence-electron chi connectivity index (χ2n) is 6.04. The number of hydrogen-bond donors (Lipinski definition) is 0. The molecule has 3 aromatic rings. The number of aromatic nitrogens is 2. The average Bonchev–Trinajstić information content (AvgIpc) is 2.69. The molecule has 1 amide bonds. The smallest absolute Gasteiger partial charge is 0.257 e. The standard InChI is InChI=1S/C22H21N3O/c1-17-23-16-20(21(24-17)19-13-7-4-8-14-19)22(26)25(2)15-9-12-18-10-5-3-6-11-18/h3-14,16H,15H2,1-2H3/b12-9+. The van der Waals surface area contributed by atoms with Gasteiger partial charge in [-0.1, -0.05) is 72.8 Å². The molecule has 0 unspecified atom stereocenters. The number of likely N-dealkylation sites (N-methyl/N-ethyl adjacent to an activating group) is 1. The highest BCUT2D eigenvalue weighted by Gasteiger charge is 2.18. The number of hydrogen-bond acceptors (Lipinski definition) is 3. The van der Waals surface area contributed by atoms with Crippen LogP contribution in [0.4, 0.5) is 0 Å². The van der Waals surface area contributed by atoms with Gasteiger partial charge in [-0.2, -0.15) is 0 Å². The van der Waals surface area contributed by atoms with E-state index in [-0.39, 0.29) is 5.91 Å². The molecule has 0 aliphatic heterocycles. The summed E-state index contributed by atoms with van der Waals surface area (Å²) in [6.45, 7) is 2.34. The highest BCUT2D eigenvalue weighted by Crippen LogP contribution is 2.22. The molecule has 2 aromatic carbocycles. The molecule has 1 aromatic heterocycles. The van der Waals surface area contributed by atoms with Crippen molar-refractivity contribution in [2.45, 2.75) is 6.92 Å². The maximum atomic E-state index is 12.9. The lowest BCUT2D eigenvalue weighted by atomic mass is 10.1. The Balaban J connectivity index is 1.80. The van der Waals surface area contributed by atoms with Crippen molar-refractivity contribution in [2.24, 2.45) is 0 Å². The first-order valence-electron chi connectivity index (χ1n) is 8.51. The van der Waals surface area contributed by atoms with Crippen LogP contribution in [0, 0.1) is 6.92 Å². The summed E-state index contributed by atoms with van der Waals surface area (Å²) < 4.78 is 0. The van der Waals surface area contributed by atoms with Gasteiger partial charge in [-0.05, 0) is 12.5 Å². The van der Waals surface area contributed by atoms with Crippen molar-refractivity contribution in [1.29, 1.82) is 0 Å². The molecule has 0 radical (unpaired) electrons. The van der Waals surface area contributed by atoms with Gasteiger partial charge in [0.15, 0.2) is 0 Å². The van der Waals surface area contributed by atoms with E-state index >= 15 is 0 Å². The van der Waals surface area contributed by atoms with E-state index in [2.05, 4.69) is 9.97 Å². The van der Waals surface area contributed by atoms with Gasteiger partial charge in [0, 0.05) is 25.4 Å². The lowest BCUT2D eigenvalue weighted by Crippen LogP contribution is -2.27. The van der Waals surface area contributed by atoms with Gasteiger partial charge in [-0.25, -0.2) is 9.97 Å². The average molecular weight is 343 g/mol. The van der Waals surface area contributed by atoms with Crippen molar-refractivity contribution in [3.05, 3.63) is 89.9 Å². The highest BCUT2D eigenvalue weighted by atomic mass is 16.2. The molecule has 0 saturated heterocycles. The molecule has 26 heavy (non-hydrogen) atoms. The number of carbonyl (C=O) groups is 1. The molecule has 0 atom stereocenters. The lowest BCUT2D eigenvalue weighted by Gasteiger charge is -2.17. The summed E-state index contributed by atoms with van der Waals surface area (Å²) in [5.41, 5.74) is 3.20. The zero-order valence-electron chi connectivity index (χ0n) is 15.0. The van der Waals surface area contributed by atoms with E-state index in [1.54, 1.807) is 18.1 Å². The van der Waals surface area contributed by atoms with Crippen molar-refractivity contribution in [3.63, 3.8) is 0 Å². The molecule has 4 heteroatoms. The number of amides is 1. The fraction of sp³-hybridized carbons (Fsp3) is 0.136. The Morgan fingerprint density at radius 3 is 2.38 bits per heavy atom. The minimum absolute atomic E-state index is 0.0958. The molecular weight excluding hydrogens is 322 g/mol. The van der Waals surface area contributed by atoms with Crippen LogP contribution in [0.25, 0.3) is 17.3 Å². The van der Waals surface area contributed by atoms with E-state index in [1.165, 1.54) is 0 Å². The highest BCUT2D eigenvalue weighted by molar-refractivity contribution is 5.99. The Morgan fingerprint density at radius 2 is 1.69 bits per heavy atom. The van der Waals surface area contributed by atoms with Crippen molar-refractivity contribution in [1.82, 2.24) is 14.9 Å². The van der Waals surface area contributed by atoms with Gasteiger partial charge >= 0.3 is 0 Å². The molecule has 4 nitrogen and oxygen atoms in total. The minimum Gasteiger partial charge on any atom is -0.338 e. The molecule has 0 spiro atoms. The van der Waals surface area contributed by atoms with Crippen molar-refractivity contribution < 1.29 is 4.79 Å². The predicted molar refractivity (Wildman–Crippen MR) is 105 cm³/mol. The first-order chi connectivity index (χ1) is 12.6. The van der Waals surface area contributed by atoms with Crippen LogP contribution in [-0.2, 0) is 0 Å². The van der Waals surface area contributed by atoms with E-state index in [1.807, 2.05) is 79.7 Å². The third-order valence-corrected chi connectivity index (χ3v) is 4.02. The predicted octanol–water partition coefficient (Wildman–Crippen LogP) is 4.24. The van der Waals surface area contributed by atoms with Crippen LogP contribution in [0.1, 0.15) is 21.7 Å². The van der Waals surface area contributed by atoms with E-state index in [0.29, 0.717) is 23.6 Å². The minimum atomic E-state index is -0.0958. The summed E-state index contributed by atoms with van der Waals surface area (Å²) >= 11 is 0. The Morgan fingerprint density at radius 1 is 1.04 bits per heavy atom. The summed E-state index contributed by atoms with van der Waals surface area (Å²) in [6, 6.07) is 19.7. The maximum absolute atomic E-state index is 12.9. The molecule has 0 fully saturated rings. The van der Waals surface area contributed by atoms with Crippen LogP contribution >= 0.6 is 0 Å². The quantitative estimate of drug-likeness (QED) is 0.696. The first kappa shape index (κ1) is 17.5. The number of benzene rings is 2. The third-order valence-electron chi connectivity index (χ3n) is 4.02. The SMILES string of the molecule is Cc1ncc(C(=O)N(C)C/C=C/c2ccccc2)c(-c2ccccc2)n1. The van der Waals surface area contributed by atoms with E-state index in [4.69, 9.17) is 0 Å². The monoisotopic (exact) mass is 343 g/mol. The molecule has 0 bridgehead atoms. The maximum Gasteiger partial charge on any atom is 0.257 e.